The Morgan fingerprint density at radius 2 is 1.83 bits per heavy atom. The Morgan fingerprint density at radius 3 is 2.50 bits per heavy atom. The van der Waals surface area contributed by atoms with Gasteiger partial charge in [0, 0.05) is 4.47 Å². The third kappa shape index (κ3) is 2.77. The topological polar surface area (TPSA) is 26.0 Å². The van der Waals surface area contributed by atoms with Crippen LogP contribution in [-0.2, 0) is 0 Å². The lowest BCUT2D eigenvalue weighted by Gasteiger charge is -2.16. The molecule has 0 saturated carbocycles. The maximum atomic E-state index is 6.34. The van der Waals surface area contributed by atoms with Gasteiger partial charge in [-0.3, -0.25) is 0 Å². The SMILES string of the molecule is Cc1ccc(C)c(C(N)c2ccc(Cl)c(Br)c2)c1. The van der Waals surface area contributed by atoms with Crippen molar-refractivity contribution in [3.05, 3.63) is 68.1 Å². The van der Waals surface area contributed by atoms with Crippen LogP contribution in [0.2, 0.25) is 5.02 Å². The molecule has 0 saturated heterocycles. The van der Waals surface area contributed by atoms with Gasteiger partial charge in [0.25, 0.3) is 0 Å². The average Bonchev–Trinajstić information content (AvgIpc) is 2.35. The molecule has 0 heterocycles. The lowest BCUT2D eigenvalue weighted by molar-refractivity contribution is 0.859. The summed E-state index contributed by atoms with van der Waals surface area (Å²) in [7, 11) is 0. The summed E-state index contributed by atoms with van der Waals surface area (Å²) >= 11 is 9.43. The number of benzene rings is 2. The van der Waals surface area contributed by atoms with Gasteiger partial charge in [-0.15, -0.1) is 0 Å². The summed E-state index contributed by atoms with van der Waals surface area (Å²) in [5.74, 6) is 0. The normalized spacial score (nSPS) is 12.5. The summed E-state index contributed by atoms with van der Waals surface area (Å²) < 4.78 is 0.877. The summed E-state index contributed by atoms with van der Waals surface area (Å²) in [5, 5.41) is 0.701. The molecule has 0 amide bonds. The van der Waals surface area contributed by atoms with E-state index in [0.717, 1.165) is 15.6 Å². The summed E-state index contributed by atoms with van der Waals surface area (Å²) in [4.78, 5) is 0. The van der Waals surface area contributed by atoms with E-state index < -0.39 is 0 Å². The van der Waals surface area contributed by atoms with Crippen molar-refractivity contribution < 1.29 is 0 Å². The number of halogens is 2. The van der Waals surface area contributed by atoms with Gasteiger partial charge in [-0.25, -0.2) is 0 Å². The van der Waals surface area contributed by atoms with E-state index in [2.05, 4.69) is 48.0 Å². The minimum Gasteiger partial charge on any atom is -0.320 e. The van der Waals surface area contributed by atoms with Crippen LogP contribution in [0.4, 0.5) is 0 Å². The Bertz CT molecular complexity index is 581. The first-order valence-corrected chi connectivity index (χ1v) is 6.94. The molecule has 2 rings (SSSR count). The summed E-state index contributed by atoms with van der Waals surface area (Å²) in [6, 6.07) is 12.0. The van der Waals surface area contributed by atoms with Gasteiger partial charge in [0.15, 0.2) is 0 Å². The summed E-state index contributed by atoms with van der Waals surface area (Å²) in [6.07, 6.45) is 0. The second-order valence-electron chi connectivity index (χ2n) is 4.51. The van der Waals surface area contributed by atoms with Crippen molar-refractivity contribution in [2.24, 2.45) is 5.73 Å². The molecule has 0 bridgehead atoms. The van der Waals surface area contributed by atoms with Crippen molar-refractivity contribution in [2.45, 2.75) is 19.9 Å². The first-order valence-electron chi connectivity index (χ1n) is 5.76. The van der Waals surface area contributed by atoms with Crippen LogP contribution in [-0.4, -0.2) is 0 Å². The highest BCUT2D eigenvalue weighted by molar-refractivity contribution is 9.10. The molecule has 0 radical (unpaired) electrons. The molecule has 94 valence electrons. The molecule has 1 nitrogen and oxygen atoms in total. The van der Waals surface area contributed by atoms with Crippen LogP contribution in [0.25, 0.3) is 0 Å². The van der Waals surface area contributed by atoms with E-state index in [1.807, 2.05) is 18.2 Å². The predicted octanol–water partition coefficient (Wildman–Crippen LogP) is 4.77. The molecule has 2 aromatic rings. The fraction of sp³-hybridized carbons (Fsp3) is 0.200. The number of aryl methyl sites for hydroxylation is 2. The van der Waals surface area contributed by atoms with Crippen LogP contribution in [0.5, 0.6) is 0 Å². The first kappa shape index (κ1) is 13.6. The summed E-state index contributed by atoms with van der Waals surface area (Å²) in [6.45, 7) is 4.16. The van der Waals surface area contributed by atoms with E-state index in [1.165, 1.54) is 11.1 Å². The van der Waals surface area contributed by atoms with Crippen molar-refractivity contribution >= 4 is 27.5 Å². The van der Waals surface area contributed by atoms with Crippen LogP contribution in [0.15, 0.2) is 40.9 Å². The molecule has 2 aromatic carbocycles. The van der Waals surface area contributed by atoms with Gasteiger partial charge in [0.1, 0.15) is 0 Å². The molecular formula is C15H15BrClN. The van der Waals surface area contributed by atoms with Crippen LogP contribution < -0.4 is 5.73 Å². The van der Waals surface area contributed by atoms with Gasteiger partial charge in [-0.2, -0.15) is 0 Å². The van der Waals surface area contributed by atoms with Gasteiger partial charge in [0.05, 0.1) is 11.1 Å². The van der Waals surface area contributed by atoms with E-state index in [-0.39, 0.29) is 6.04 Å². The van der Waals surface area contributed by atoms with Crippen molar-refractivity contribution in [2.75, 3.05) is 0 Å². The lowest BCUT2D eigenvalue weighted by Crippen LogP contribution is -2.13. The predicted molar refractivity (Wildman–Crippen MR) is 81.1 cm³/mol. The van der Waals surface area contributed by atoms with Crippen LogP contribution in [0.1, 0.15) is 28.3 Å². The smallest absolute Gasteiger partial charge is 0.0554 e. The molecule has 0 aliphatic rings. The van der Waals surface area contributed by atoms with E-state index in [0.29, 0.717) is 5.02 Å². The highest BCUT2D eigenvalue weighted by atomic mass is 79.9. The van der Waals surface area contributed by atoms with Gasteiger partial charge in [0.2, 0.25) is 0 Å². The van der Waals surface area contributed by atoms with E-state index in [1.54, 1.807) is 0 Å². The number of nitrogens with two attached hydrogens (primary N) is 1. The van der Waals surface area contributed by atoms with Crippen LogP contribution in [0.3, 0.4) is 0 Å². The fourth-order valence-corrected chi connectivity index (χ4v) is 2.49. The molecule has 1 unspecified atom stereocenters. The third-order valence-electron chi connectivity index (χ3n) is 3.07. The zero-order valence-electron chi connectivity index (χ0n) is 10.4. The fourth-order valence-electron chi connectivity index (χ4n) is 1.98. The van der Waals surface area contributed by atoms with Gasteiger partial charge in [-0.1, -0.05) is 41.4 Å². The molecule has 1 atom stereocenters. The Balaban J connectivity index is 2.44. The summed E-state index contributed by atoms with van der Waals surface area (Å²) in [5.41, 5.74) is 11.0. The number of hydrogen-bond donors (Lipinski definition) is 1. The lowest BCUT2D eigenvalue weighted by atomic mass is 9.94. The molecule has 2 N–H and O–H groups in total. The average molecular weight is 325 g/mol. The van der Waals surface area contributed by atoms with Crippen LogP contribution >= 0.6 is 27.5 Å². The molecule has 3 heteroatoms. The Kier molecular flexibility index (Phi) is 4.10. The zero-order chi connectivity index (χ0) is 13.3. The largest absolute Gasteiger partial charge is 0.320 e. The van der Waals surface area contributed by atoms with E-state index in [4.69, 9.17) is 17.3 Å². The second kappa shape index (κ2) is 5.43. The highest BCUT2D eigenvalue weighted by Crippen LogP contribution is 2.29. The quantitative estimate of drug-likeness (QED) is 0.846. The van der Waals surface area contributed by atoms with Gasteiger partial charge < -0.3 is 5.73 Å². The Morgan fingerprint density at radius 1 is 1.11 bits per heavy atom. The Labute approximate surface area is 121 Å². The van der Waals surface area contributed by atoms with Crippen LogP contribution in [0, 0.1) is 13.8 Å². The minimum atomic E-state index is -0.126. The molecule has 0 aliphatic carbocycles. The molecular weight excluding hydrogens is 310 g/mol. The van der Waals surface area contributed by atoms with Crippen molar-refractivity contribution in [3.8, 4) is 0 Å². The standard InChI is InChI=1S/C15H15BrClN/c1-9-3-4-10(2)12(7-9)15(18)11-5-6-14(17)13(16)8-11/h3-8,15H,18H2,1-2H3. The maximum absolute atomic E-state index is 6.34. The van der Waals surface area contributed by atoms with Crippen molar-refractivity contribution in [3.63, 3.8) is 0 Å². The number of rotatable bonds is 2. The maximum Gasteiger partial charge on any atom is 0.0554 e. The van der Waals surface area contributed by atoms with Crippen molar-refractivity contribution in [1.82, 2.24) is 0 Å². The number of hydrogen-bond acceptors (Lipinski definition) is 1. The van der Waals surface area contributed by atoms with Crippen molar-refractivity contribution in [1.29, 1.82) is 0 Å². The van der Waals surface area contributed by atoms with E-state index >= 15 is 0 Å². The molecule has 0 spiro atoms. The zero-order valence-corrected chi connectivity index (χ0v) is 12.7. The second-order valence-corrected chi connectivity index (χ2v) is 5.77. The van der Waals surface area contributed by atoms with Gasteiger partial charge in [-0.05, 0) is 58.6 Å². The Hall–Kier alpha value is -0.830. The minimum absolute atomic E-state index is 0.126. The molecule has 0 aromatic heterocycles. The molecule has 0 fully saturated rings. The highest BCUT2D eigenvalue weighted by Gasteiger charge is 2.12. The third-order valence-corrected chi connectivity index (χ3v) is 4.29. The molecule has 18 heavy (non-hydrogen) atoms. The van der Waals surface area contributed by atoms with Gasteiger partial charge >= 0.3 is 0 Å². The molecule has 0 aliphatic heterocycles. The first-order chi connectivity index (χ1) is 8.49. The van der Waals surface area contributed by atoms with E-state index in [9.17, 15) is 0 Å². The monoisotopic (exact) mass is 323 g/mol.